The van der Waals surface area contributed by atoms with Crippen molar-refractivity contribution in [1.29, 1.82) is 0 Å². The van der Waals surface area contributed by atoms with Crippen LogP contribution in [-0.2, 0) is 4.79 Å². The molecule has 0 spiro atoms. The Morgan fingerprint density at radius 3 is 2.63 bits per heavy atom. The van der Waals surface area contributed by atoms with Gasteiger partial charge in [-0.05, 0) is 35.9 Å². The smallest absolute Gasteiger partial charge is 0.221 e. The van der Waals surface area contributed by atoms with Crippen molar-refractivity contribution in [2.24, 2.45) is 0 Å². The number of carbonyl (C=O) groups is 1. The summed E-state index contributed by atoms with van der Waals surface area (Å²) in [7, 11) is 0. The van der Waals surface area contributed by atoms with Crippen molar-refractivity contribution in [2.75, 3.05) is 5.32 Å². The zero-order chi connectivity index (χ0) is 19.0. The fraction of sp³-hybridized carbons (Fsp3) is 0.0500. The van der Waals surface area contributed by atoms with E-state index in [1.54, 1.807) is 12.3 Å². The number of aromatic hydroxyl groups is 2. The number of phenolic OH excluding ortho intramolecular Hbond substituents is 2. The number of nitrogens with zero attached hydrogens (tertiary/aromatic N) is 2. The maximum absolute atomic E-state index is 11.3. The van der Waals surface area contributed by atoms with Gasteiger partial charge in [0, 0.05) is 35.3 Å². The van der Waals surface area contributed by atoms with E-state index >= 15 is 0 Å². The molecule has 0 aliphatic rings. The van der Waals surface area contributed by atoms with Crippen LogP contribution in [-0.4, -0.2) is 31.3 Å². The number of anilines is 1. The van der Waals surface area contributed by atoms with Crippen molar-refractivity contribution in [3.63, 3.8) is 0 Å². The van der Waals surface area contributed by atoms with E-state index in [1.165, 1.54) is 19.1 Å². The van der Waals surface area contributed by atoms with E-state index in [1.807, 2.05) is 30.3 Å². The summed E-state index contributed by atoms with van der Waals surface area (Å²) in [5, 5.41) is 30.0. The third kappa shape index (κ3) is 3.18. The number of aromatic amines is 1. The first-order valence-corrected chi connectivity index (χ1v) is 8.26. The first kappa shape index (κ1) is 16.6. The summed E-state index contributed by atoms with van der Waals surface area (Å²) < 4.78 is 0. The number of hydrogen-bond donors (Lipinski definition) is 4. The van der Waals surface area contributed by atoms with E-state index in [2.05, 4.69) is 20.5 Å². The van der Waals surface area contributed by atoms with Crippen LogP contribution in [0.15, 0.2) is 54.7 Å². The molecule has 2 heterocycles. The SMILES string of the molecule is CC(=O)Nc1cccc(-c2[nH]nc3ncc(-c4ccc(O)c(O)c4)cc23)c1. The number of amides is 1. The summed E-state index contributed by atoms with van der Waals surface area (Å²) in [4.78, 5) is 15.7. The minimum atomic E-state index is -0.192. The molecule has 0 fully saturated rings. The second-order valence-corrected chi connectivity index (χ2v) is 6.16. The lowest BCUT2D eigenvalue weighted by atomic mass is 10.0. The summed E-state index contributed by atoms with van der Waals surface area (Å²) in [6.45, 7) is 1.46. The molecule has 0 bridgehead atoms. The number of phenols is 2. The van der Waals surface area contributed by atoms with Crippen LogP contribution in [0, 0.1) is 0 Å². The Labute approximate surface area is 154 Å². The molecule has 7 nitrogen and oxygen atoms in total. The molecule has 7 heteroatoms. The van der Waals surface area contributed by atoms with Crippen LogP contribution in [0.4, 0.5) is 5.69 Å². The van der Waals surface area contributed by atoms with E-state index in [-0.39, 0.29) is 17.4 Å². The zero-order valence-electron chi connectivity index (χ0n) is 14.4. The quantitative estimate of drug-likeness (QED) is 0.417. The third-order valence-corrected chi connectivity index (χ3v) is 4.19. The van der Waals surface area contributed by atoms with Gasteiger partial charge in [-0.2, -0.15) is 5.10 Å². The lowest BCUT2D eigenvalue weighted by molar-refractivity contribution is -0.114. The zero-order valence-corrected chi connectivity index (χ0v) is 14.4. The van der Waals surface area contributed by atoms with Crippen molar-refractivity contribution in [3.8, 4) is 33.9 Å². The molecule has 0 atom stereocenters. The van der Waals surface area contributed by atoms with E-state index in [9.17, 15) is 15.0 Å². The van der Waals surface area contributed by atoms with Crippen LogP contribution in [0.5, 0.6) is 11.5 Å². The molecule has 4 N–H and O–H groups in total. The van der Waals surface area contributed by atoms with E-state index < -0.39 is 0 Å². The molecule has 0 aliphatic carbocycles. The number of nitrogens with one attached hydrogen (secondary N) is 2. The van der Waals surface area contributed by atoms with Crippen LogP contribution in [0.3, 0.4) is 0 Å². The van der Waals surface area contributed by atoms with Gasteiger partial charge in [0.1, 0.15) is 0 Å². The highest BCUT2D eigenvalue weighted by atomic mass is 16.3. The topological polar surface area (TPSA) is 111 Å². The fourth-order valence-electron chi connectivity index (χ4n) is 2.94. The van der Waals surface area contributed by atoms with Gasteiger partial charge in [-0.15, -0.1) is 0 Å². The van der Waals surface area contributed by atoms with Gasteiger partial charge >= 0.3 is 0 Å². The van der Waals surface area contributed by atoms with E-state index in [0.717, 1.165) is 27.8 Å². The van der Waals surface area contributed by atoms with Crippen molar-refractivity contribution >= 4 is 22.6 Å². The average molecular weight is 360 g/mol. The molecule has 27 heavy (non-hydrogen) atoms. The van der Waals surface area contributed by atoms with Gasteiger partial charge in [-0.1, -0.05) is 18.2 Å². The maximum atomic E-state index is 11.3. The molecule has 2 aromatic carbocycles. The molecular formula is C20H16N4O3. The number of benzene rings is 2. The highest BCUT2D eigenvalue weighted by Crippen LogP contribution is 2.33. The van der Waals surface area contributed by atoms with E-state index in [4.69, 9.17) is 0 Å². The highest BCUT2D eigenvalue weighted by molar-refractivity contribution is 5.95. The van der Waals surface area contributed by atoms with Gasteiger partial charge in [-0.25, -0.2) is 4.98 Å². The van der Waals surface area contributed by atoms with Crippen molar-refractivity contribution < 1.29 is 15.0 Å². The number of rotatable bonds is 3. The normalized spacial score (nSPS) is 10.9. The van der Waals surface area contributed by atoms with Crippen molar-refractivity contribution in [3.05, 3.63) is 54.7 Å². The second-order valence-electron chi connectivity index (χ2n) is 6.16. The first-order valence-electron chi connectivity index (χ1n) is 8.26. The molecule has 0 saturated heterocycles. The molecular weight excluding hydrogens is 344 g/mol. The van der Waals surface area contributed by atoms with Crippen molar-refractivity contribution in [2.45, 2.75) is 6.92 Å². The summed E-state index contributed by atoms with van der Waals surface area (Å²) in [6, 6.07) is 14.0. The van der Waals surface area contributed by atoms with Crippen LogP contribution in [0.25, 0.3) is 33.4 Å². The molecule has 0 aliphatic heterocycles. The van der Waals surface area contributed by atoms with Crippen LogP contribution in [0.1, 0.15) is 6.92 Å². The summed E-state index contributed by atoms with van der Waals surface area (Å²) in [5.41, 5.74) is 4.38. The average Bonchev–Trinajstić information content (AvgIpc) is 3.07. The van der Waals surface area contributed by atoms with Crippen LogP contribution in [0.2, 0.25) is 0 Å². The monoisotopic (exact) mass is 360 g/mol. The Bertz CT molecular complexity index is 1170. The Morgan fingerprint density at radius 2 is 1.85 bits per heavy atom. The Hall–Kier alpha value is -3.87. The molecule has 0 radical (unpaired) electrons. The maximum Gasteiger partial charge on any atom is 0.221 e. The van der Waals surface area contributed by atoms with Crippen molar-refractivity contribution in [1.82, 2.24) is 15.2 Å². The molecule has 4 rings (SSSR count). The van der Waals surface area contributed by atoms with Gasteiger partial charge in [0.15, 0.2) is 17.1 Å². The minimum Gasteiger partial charge on any atom is -0.504 e. The predicted octanol–water partition coefficient (Wildman–Crippen LogP) is 3.66. The number of carbonyl (C=O) groups excluding carboxylic acids is 1. The van der Waals surface area contributed by atoms with Gasteiger partial charge < -0.3 is 15.5 Å². The molecule has 1 amide bonds. The number of fused-ring (bicyclic) bond motifs is 1. The standard InChI is InChI=1S/C20H16N4O3/c1-11(25)22-15-4-2-3-13(7-15)19-16-8-14(10-21-20(16)24-23-19)12-5-6-17(26)18(27)9-12/h2-10,26-27H,1H3,(H,22,25)(H,21,23,24). The van der Waals surface area contributed by atoms with Gasteiger partial charge in [0.2, 0.25) is 5.91 Å². The summed E-state index contributed by atoms with van der Waals surface area (Å²) >= 11 is 0. The lowest BCUT2D eigenvalue weighted by Crippen LogP contribution is -2.05. The Morgan fingerprint density at radius 1 is 1.00 bits per heavy atom. The summed E-state index contributed by atoms with van der Waals surface area (Å²) in [6.07, 6.45) is 1.66. The molecule has 2 aromatic heterocycles. The number of aromatic nitrogens is 3. The van der Waals surface area contributed by atoms with Crippen LogP contribution >= 0.6 is 0 Å². The molecule has 134 valence electrons. The minimum absolute atomic E-state index is 0.141. The largest absolute Gasteiger partial charge is 0.504 e. The number of H-pyrrole nitrogens is 1. The third-order valence-electron chi connectivity index (χ3n) is 4.19. The number of hydrogen-bond acceptors (Lipinski definition) is 5. The van der Waals surface area contributed by atoms with Crippen LogP contribution < -0.4 is 5.32 Å². The highest BCUT2D eigenvalue weighted by Gasteiger charge is 2.12. The summed E-state index contributed by atoms with van der Waals surface area (Å²) in [5.74, 6) is -0.507. The fourth-order valence-corrected chi connectivity index (χ4v) is 2.94. The second kappa shape index (κ2) is 6.45. The van der Waals surface area contributed by atoms with Gasteiger partial charge in [0.05, 0.1) is 5.69 Å². The van der Waals surface area contributed by atoms with Gasteiger partial charge in [0.25, 0.3) is 0 Å². The lowest BCUT2D eigenvalue weighted by Gasteiger charge is -2.06. The Balaban J connectivity index is 1.81. The predicted molar refractivity (Wildman–Crippen MR) is 102 cm³/mol. The van der Waals surface area contributed by atoms with Gasteiger partial charge in [-0.3, -0.25) is 9.89 Å². The van der Waals surface area contributed by atoms with E-state index in [0.29, 0.717) is 11.3 Å². The molecule has 0 saturated carbocycles. The molecule has 4 aromatic rings. The Kier molecular flexibility index (Phi) is 3.97. The molecule has 0 unspecified atom stereocenters. The first-order chi connectivity index (χ1) is 13.0. The number of pyridine rings is 1.